The van der Waals surface area contributed by atoms with E-state index in [0.717, 1.165) is 23.7 Å². The lowest BCUT2D eigenvalue weighted by molar-refractivity contribution is 0.341. The average molecular weight is 334 g/mol. The second kappa shape index (κ2) is 6.17. The first-order valence-electron chi connectivity index (χ1n) is 6.18. The molecule has 0 aliphatic carbocycles. The fourth-order valence-corrected chi connectivity index (χ4v) is 4.16. The third kappa shape index (κ3) is 3.56. The second-order valence-electron chi connectivity index (χ2n) is 4.40. The van der Waals surface area contributed by atoms with Gasteiger partial charge in [0.05, 0.1) is 4.90 Å². The normalized spacial score (nSPS) is 12.7. The minimum Gasteiger partial charge on any atom is -0.207 e. The molecule has 0 fully saturated rings. The number of sulfonamides is 1. The fraction of sp³-hybridized carbons (Fsp3) is 0.538. The minimum absolute atomic E-state index is 0.302. The smallest absolute Gasteiger partial charge is 0.207 e. The van der Waals surface area contributed by atoms with Crippen LogP contribution in [0.25, 0.3) is 0 Å². The van der Waals surface area contributed by atoms with Crippen molar-refractivity contribution in [2.24, 2.45) is 0 Å². The quantitative estimate of drug-likeness (QED) is 0.862. The minimum atomic E-state index is -3.46. The van der Waals surface area contributed by atoms with Crippen LogP contribution < -0.4 is 4.72 Å². The van der Waals surface area contributed by atoms with Crippen molar-refractivity contribution >= 4 is 26.0 Å². The van der Waals surface area contributed by atoms with Crippen LogP contribution in [-0.4, -0.2) is 14.0 Å². The first-order chi connectivity index (χ1) is 8.39. The number of hydrogen-bond donors (Lipinski definition) is 1. The molecule has 0 aliphatic rings. The standard InChI is InChI=1S/C13H20BrNO2S/c1-4-13(5-2,6-3)15-18(16,17)12-9-7-8-11(14)10-12/h7-10,15H,4-6H2,1-3H3. The van der Waals surface area contributed by atoms with Crippen LogP contribution in [0.4, 0.5) is 0 Å². The summed E-state index contributed by atoms with van der Waals surface area (Å²) in [5.74, 6) is 0. The Balaban J connectivity index is 3.08. The molecule has 3 nitrogen and oxygen atoms in total. The van der Waals surface area contributed by atoms with E-state index < -0.39 is 10.0 Å². The van der Waals surface area contributed by atoms with Crippen molar-refractivity contribution in [2.45, 2.75) is 50.5 Å². The molecule has 0 unspecified atom stereocenters. The van der Waals surface area contributed by atoms with Crippen molar-refractivity contribution in [3.05, 3.63) is 28.7 Å². The molecule has 102 valence electrons. The largest absolute Gasteiger partial charge is 0.241 e. The number of benzene rings is 1. The molecule has 0 aromatic heterocycles. The molecule has 18 heavy (non-hydrogen) atoms. The van der Waals surface area contributed by atoms with Gasteiger partial charge in [0.25, 0.3) is 0 Å². The maximum absolute atomic E-state index is 12.3. The van der Waals surface area contributed by atoms with Crippen LogP contribution in [0.1, 0.15) is 40.0 Å². The highest BCUT2D eigenvalue weighted by Crippen LogP contribution is 2.24. The van der Waals surface area contributed by atoms with E-state index in [2.05, 4.69) is 20.7 Å². The predicted octanol–water partition coefficient (Wildman–Crippen LogP) is 3.70. The van der Waals surface area contributed by atoms with E-state index in [1.54, 1.807) is 18.2 Å². The van der Waals surface area contributed by atoms with Crippen molar-refractivity contribution in [1.82, 2.24) is 4.72 Å². The Kier molecular flexibility index (Phi) is 5.37. The van der Waals surface area contributed by atoms with Gasteiger partial charge in [-0.05, 0) is 37.5 Å². The first-order valence-corrected chi connectivity index (χ1v) is 8.46. The van der Waals surface area contributed by atoms with Crippen LogP contribution in [0.2, 0.25) is 0 Å². The van der Waals surface area contributed by atoms with Gasteiger partial charge in [-0.25, -0.2) is 13.1 Å². The molecule has 1 rings (SSSR count). The lowest BCUT2D eigenvalue weighted by Crippen LogP contribution is -2.46. The molecule has 0 spiro atoms. The summed E-state index contributed by atoms with van der Waals surface area (Å²) < 4.78 is 28.3. The van der Waals surface area contributed by atoms with Gasteiger partial charge >= 0.3 is 0 Å². The number of hydrogen-bond acceptors (Lipinski definition) is 2. The summed E-state index contributed by atoms with van der Waals surface area (Å²) in [5, 5.41) is 0. The van der Waals surface area contributed by atoms with Crippen molar-refractivity contribution < 1.29 is 8.42 Å². The lowest BCUT2D eigenvalue weighted by atomic mass is 9.91. The van der Waals surface area contributed by atoms with Gasteiger partial charge < -0.3 is 0 Å². The van der Waals surface area contributed by atoms with Crippen LogP contribution in [0.3, 0.4) is 0 Å². The van der Waals surface area contributed by atoms with E-state index in [4.69, 9.17) is 0 Å². The third-order valence-electron chi connectivity index (χ3n) is 3.49. The van der Waals surface area contributed by atoms with Crippen molar-refractivity contribution in [2.75, 3.05) is 0 Å². The Bertz CT molecular complexity index is 487. The maximum Gasteiger partial charge on any atom is 0.241 e. The molecule has 1 aromatic rings. The van der Waals surface area contributed by atoms with Gasteiger partial charge in [0, 0.05) is 10.0 Å². The zero-order chi connectivity index (χ0) is 13.8. The molecule has 0 saturated carbocycles. The van der Waals surface area contributed by atoms with Crippen LogP contribution >= 0.6 is 15.9 Å². The summed E-state index contributed by atoms with van der Waals surface area (Å²) in [6.45, 7) is 6.03. The predicted molar refractivity (Wildman–Crippen MR) is 78.1 cm³/mol. The summed E-state index contributed by atoms with van der Waals surface area (Å²) in [6, 6.07) is 6.77. The molecule has 0 aliphatic heterocycles. The van der Waals surface area contributed by atoms with Gasteiger partial charge in [-0.2, -0.15) is 0 Å². The monoisotopic (exact) mass is 333 g/mol. The van der Waals surface area contributed by atoms with Crippen molar-refractivity contribution in [1.29, 1.82) is 0 Å². The molecular formula is C13H20BrNO2S. The van der Waals surface area contributed by atoms with Crippen molar-refractivity contribution in [3.63, 3.8) is 0 Å². The Morgan fingerprint density at radius 3 is 2.17 bits per heavy atom. The summed E-state index contributed by atoms with van der Waals surface area (Å²) in [4.78, 5) is 0.302. The van der Waals surface area contributed by atoms with Crippen molar-refractivity contribution in [3.8, 4) is 0 Å². The second-order valence-corrected chi connectivity index (χ2v) is 7.00. The summed E-state index contributed by atoms with van der Waals surface area (Å²) in [7, 11) is -3.46. The Morgan fingerprint density at radius 1 is 1.17 bits per heavy atom. The molecule has 1 aromatic carbocycles. The van der Waals surface area contributed by atoms with E-state index in [9.17, 15) is 8.42 Å². The van der Waals surface area contributed by atoms with Gasteiger partial charge in [0.2, 0.25) is 10.0 Å². The molecule has 1 N–H and O–H groups in total. The van der Waals surface area contributed by atoms with Gasteiger partial charge in [-0.15, -0.1) is 0 Å². The van der Waals surface area contributed by atoms with E-state index in [0.29, 0.717) is 4.90 Å². The number of halogens is 1. The molecule has 0 heterocycles. The average Bonchev–Trinajstić information content (AvgIpc) is 2.36. The summed E-state index contributed by atoms with van der Waals surface area (Å²) in [5.41, 5.74) is -0.346. The van der Waals surface area contributed by atoms with Gasteiger partial charge in [0.1, 0.15) is 0 Å². The highest BCUT2D eigenvalue weighted by molar-refractivity contribution is 9.10. The molecular weight excluding hydrogens is 314 g/mol. The van der Waals surface area contributed by atoms with Crippen LogP contribution in [0.15, 0.2) is 33.6 Å². The van der Waals surface area contributed by atoms with Crippen LogP contribution in [-0.2, 0) is 10.0 Å². The topological polar surface area (TPSA) is 46.2 Å². The van der Waals surface area contributed by atoms with Crippen LogP contribution in [0.5, 0.6) is 0 Å². The molecule has 0 radical (unpaired) electrons. The Labute approximate surface area is 118 Å². The zero-order valence-electron chi connectivity index (χ0n) is 11.0. The van der Waals surface area contributed by atoms with E-state index in [1.807, 2.05) is 26.8 Å². The van der Waals surface area contributed by atoms with E-state index in [-0.39, 0.29) is 5.54 Å². The SMILES string of the molecule is CCC(CC)(CC)NS(=O)(=O)c1cccc(Br)c1. The maximum atomic E-state index is 12.3. The highest BCUT2D eigenvalue weighted by Gasteiger charge is 2.30. The van der Waals surface area contributed by atoms with E-state index in [1.165, 1.54) is 0 Å². The molecule has 0 amide bonds. The molecule has 5 heteroatoms. The number of rotatable bonds is 6. The van der Waals surface area contributed by atoms with Crippen LogP contribution in [0, 0.1) is 0 Å². The third-order valence-corrected chi connectivity index (χ3v) is 5.56. The van der Waals surface area contributed by atoms with Gasteiger partial charge in [0.15, 0.2) is 0 Å². The zero-order valence-corrected chi connectivity index (χ0v) is 13.4. The summed E-state index contributed by atoms with van der Waals surface area (Å²) in [6.07, 6.45) is 2.35. The van der Waals surface area contributed by atoms with Gasteiger partial charge in [-0.1, -0.05) is 42.8 Å². The van der Waals surface area contributed by atoms with Gasteiger partial charge in [-0.3, -0.25) is 0 Å². The highest BCUT2D eigenvalue weighted by atomic mass is 79.9. The molecule has 0 saturated heterocycles. The fourth-order valence-electron chi connectivity index (χ4n) is 1.94. The molecule has 0 bridgehead atoms. The molecule has 0 atom stereocenters. The Morgan fingerprint density at radius 2 is 1.72 bits per heavy atom. The first kappa shape index (κ1) is 15.7. The van der Waals surface area contributed by atoms with E-state index >= 15 is 0 Å². The lowest BCUT2D eigenvalue weighted by Gasteiger charge is -2.31. The number of nitrogens with one attached hydrogen (secondary N) is 1. The Hall–Kier alpha value is -0.390. The summed E-state index contributed by atoms with van der Waals surface area (Å²) >= 11 is 3.29.